The van der Waals surface area contributed by atoms with Crippen LogP contribution in [-0.2, 0) is 0 Å². The molecule has 0 radical (unpaired) electrons. The molecule has 1 aliphatic carbocycles. The van der Waals surface area contributed by atoms with E-state index in [1.165, 1.54) is 12.1 Å². The number of rotatable bonds is 1. The van der Waals surface area contributed by atoms with Crippen LogP contribution in [0.1, 0.15) is 19.0 Å². The van der Waals surface area contributed by atoms with Crippen molar-refractivity contribution in [2.75, 3.05) is 6.54 Å². The van der Waals surface area contributed by atoms with Crippen molar-refractivity contribution >= 4 is 0 Å². The van der Waals surface area contributed by atoms with E-state index in [1.54, 1.807) is 0 Å². The van der Waals surface area contributed by atoms with Crippen LogP contribution in [0.2, 0.25) is 0 Å². The Morgan fingerprint density at radius 2 is 1.86 bits per heavy atom. The van der Waals surface area contributed by atoms with Crippen molar-refractivity contribution in [1.29, 1.82) is 0 Å². The molecule has 72 valence electrons. The topological polar surface area (TPSA) is 51.1 Å². The lowest BCUT2D eigenvalue weighted by Gasteiger charge is -2.05. The quantitative estimate of drug-likeness (QED) is 0.671. The van der Waals surface area contributed by atoms with Crippen LogP contribution < -0.4 is 16.2 Å². The van der Waals surface area contributed by atoms with Gasteiger partial charge in [-0.15, -0.1) is 0 Å². The third-order valence-electron chi connectivity index (χ3n) is 2.85. The molecule has 0 bridgehead atoms. The molecule has 0 aromatic heterocycles. The lowest BCUT2D eigenvalue weighted by Crippen LogP contribution is -2.17. The van der Waals surface area contributed by atoms with Crippen molar-refractivity contribution in [3.05, 3.63) is 43.3 Å². The molecule has 0 aromatic carbocycles. The van der Waals surface area contributed by atoms with Crippen LogP contribution in [0.5, 0.6) is 0 Å². The lowest BCUT2D eigenvalue weighted by atomic mass is 10.3. The van der Waals surface area contributed by atoms with Gasteiger partial charge >= 0.3 is 0 Å². The number of aromatic nitrogens is 1. The Hall–Kier alpha value is -1.42. The molecule has 4 heteroatoms. The molecule has 14 heavy (non-hydrogen) atoms. The Morgan fingerprint density at radius 1 is 1.21 bits per heavy atom. The van der Waals surface area contributed by atoms with Gasteiger partial charge in [0.25, 0.3) is 0 Å². The molecule has 3 rings (SSSR count). The fourth-order valence-corrected chi connectivity index (χ4v) is 2.16. The normalized spacial score (nSPS) is 22.4. The van der Waals surface area contributed by atoms with Crippen LogP contribution in [-0.4, -0.2) is 11.1 Å². The van der Waals surface area contributed by atoms with E-state index in [0.29, 0.717) is 10.7 Å². The van der Waals surface area contributed by atoms with Crippen LogP contribution in [0.25, 0.3) is 0 Å². The maximum atomic E-state index is 11.4. The monoisotopic (exact) mass is 190 g/mol. The highest BCUT2D eigenvalue weighted by Gasteiger charge is 2.25. The first-order valence-corrected chi connectivity index (χ1v) is 4.82. The van der Waals surface area contributed by atoms with Crippen LogP contribution in [0.4, 0.5) is 0 Å². The molecule has 1 saturated heterocycles. The fourth-order valence-electron chi connectivity index (χ4n) is 2.16. The van der Waals surface area contributed by atoms with Gasteiger partial charge in [-0.25, -0.2) is 0 Å². The Labute approximate surface area is 79.5 Å². The minimum Gasteiger partial charge on any atom is -0.315 e. The summed E-state index contributed by atoms with van der Waals surface area (Å²) in [5, 5.41) is 4.48. The summed E-state index contributed by atoms with van der Waals surface area (Å²) in [5.41, 5.74) is -0.0680. The first kappa shape index (κ1) is 7.94. The smallest absolute Gasteiger partial charge is 0.204 e. The molecule has 1 N–H and O–H groups in total. The van der Waals surface area contributed by atoms with Gasteiger partial charge in [-0.05, 0) is 31.5 Å². The molecule has 0 amide bonds. The maximum Gasteiger partial charge on any atom is 0.204 e. The lowest BCUT2D eigenvalue weighted by molar-refractivity contribution is 0.489. The summed E-state index contributed by atoms with van der Waals surface area (Å²) in [5.74, 6) is 0. The highest BCUT2D eigenvalue weighted by molar-refractivity contribution is 5.15. The summed E-state index contributed by atoms with van der Waals surface area (Å²) in [4.78, 5) is 22.8. The van der Waals surface area contributed by atoms with E-state index >= 15 is 0 Å². The maximum absolute atomic E-state index is 11.4. The summed E-state index contributed by atoms with van der Waals surface area (Å²) in [6, 6.07) is 2.71. The summed E-state index contributed by atoms with van der Waals surface area (Å²) < 4.78 is 1.84. The predicted octanol–water partition coefficient (Wildman–Crippen LogP) is -0.309. The third kappa shape index (κ3) is 0.915. The zero-order valence-electron chi connectivity index (χ0n) is 7.62. The molecule has 2 aliphatic heterocycles. The number of hydrogen-bond donors (Lipinski definition) is 1. The standard InChI is InChI=1S/C10H10N2O2/c13-6-3-4-7(14)10-9(6)12(10)8-2-1-5-11-8/h3-4,8,11H,1-2,5H2. The molecule has 1 fully saturated rings. The van der Waals surface area contributed by atoms with E-state index in [2.05, 4.69) is 5.32 Å². The molecule has 0 saturated carbocycles. The van der Waals surface area contributed by atoms with Crippen molar-refractivity contribution < 1.29 is 0 Å². The van der Waals surface area contributed by atoms with Gasteiger partial charge in [0.15, 0.2) is 0 Å². The number of hydrogen-bond acceptors (Lipinski definition) is 3. The highest BCUT2D eigenvalue weighted by atomic mass is 16.1. The van der Waals surface area contributed by atoms with Gasteiger partial charge in [-0.1, -0.05) is 0 Å². The van der Waals surface area contributed by atoms with Crippen LogP contribution in [0.3, 0.4) is 0 Å². The van der Waals surface area contributed by atoms with Gasteiger partial charge in [-0.2, -0.15) is 0 Å². The van der Waals surface area contributed by atoms with Crippen LogP contribution in [0, 0.1) is 10.7 Å². The average Bonchev–Trinajstić information content (AvgIpc) is 2.71. The van der Waals surface area contributed by atoms with Crippen molar-refractivity contribution in [3.63, 3.8) is 0 Å². The summed E-state index contributed by atoms with van der Waals surface area (Å²) in [6.07, 6.45) is 2.29. The first-order valence-electron chi connectivity index (χ1n) is 4.82. The van der Waals surface area contributed by atoms with Gasteiger partial charge < -0.3 is 4.57 Å². The van der Waals surface area contributed by atoms with Crippen molar-refractivity contribution in [2.45, 2.75) is 19.0 Å². The van der Waals surface area contributed by atoms with Gasteiger partial charge in [0, 0.05) is 0 Å². The molecule has 1 atom stereocenters. The molecule has 0 spiro atoms. The van der Waals surface area contributed by atoms with E-state index in [0.717, 1.165) is 19.4 Å². The number of nitrogens with zero attached hydrogens (tertiary/aromatic N) is 1. The zero-order valence-corrected chi connectivity index (χ0v) is 7.62. The van der Waals surface area contributed by atoms with Gasteiger partial charge in [-0.3, -0.25) is 14.9 Å². The SMILES string of the molecule is O=c1ccc(=O)c2n(C3CCCN3)c1=2. The second-order valence-corrected chi connectivity index (χ2v) is 3.74. The third-order valence-corrected chi connectivity index (χ3v) is 2.85. The average molecular weight is 190 g/mol. The molecular formula is C10H10N2O2. The van der Waals surface area contributed by atoms with Crippen molar-refractivity contribution in [2.24, 2.45) is 0 Å². The number of nitrogens with one attached hydrogen (secondary N) is 1. The first-order chi connectivity index (χ1) is 6.79. The van der Waals surface area contributed by atoms with Gasteiger partial charge in [0.05, 0.1) is 6.17 Å². The Kier molecular flexibility index (Phi) is 1.44. The van der Waals surface area contributed by atoms with E-state index in [9.17, 15) is 9.59 Å². The Bertz CT molecular complexity index is 552. The van der Waals surface area contributed by atoms with Gasteiger partial charge in [0.1, 0.15) is 10.7 Å². The molecule has 0 aromatic rings. The molecule has 4 nitrogen and oxygen atoms in total. The predicted molar refractivity (Wildman–Crippen MR) is 50.9 cm³/mol. The minimum atomic E-state index is -0.0340. The summed E-state index contributed by atoms with van der Waals surface area (Å²) >= 11 is 0. The van der Waals surface area contributed by atoms with Crippen molar-refractivity contribution in [3.8, 4) is 0 Å². The molecule has 2 heterocycles. The summed E-state index contributed by atoms with van der Waals surface area (Å²) in [7, 11) is 0. The van der Waals surface area contributed by atoms with E-state index < -0.39 is 0 Å². The van der Waals surface area contributed by atoms with Crippen molar-refractivity contribution in [1.82, 2.24) is 9.88 Å². The zero-order chi connectivity index (χ0) is 9.71. The summed E-state index contributed by atoms with van der Waals surface area (Å²) in [6.45, 7) is 0.970. The van der Waals surface area contributed by atoms with E-state index in [1.807, 2.05) is 4.57 Å². The highest BCUT2D eigenvalue weighted by Crippen LogP contribution is 2.19. The van der Waals surface area contributed by atoms with Gasteiger partial charge in [0.2, 0.25) is 10.9 Å². The second kappa shape index (κ2) is 2.54. The van der Waals surface area contributed by atoms with Crippen LogP contribution >= 0.6 is 0 Å². The fraction of sp³-hybridized carbons (Fsp3) is 0.400. The van der Waals surface area contributed by atoms with E-state index in [-0.39, 0.29) is 17.0 Å². The Morgan fingerprint density at radius 3 is 2.36 bits per heavy atom. The van der Waals surface area contributed by atoms with Crippen LogP contribution in [0.15, 0.2) is 21.7 Å². The second-order valence-electron chi connectivity index (χ2n) is 3.74. The Balaban J connectivity index is 2.21. The minimum absolute atomic E-state index is 0.0340. The molecular weight excluding hydrogens is 180 g/mol. The molecule has 3 aliphatic rings. The largest absolute Gasteiger partial charge is 0.315 e. The van der Waals surface area contributed by atoms with E-state index in [4.69, 9.17) is 0 Å². The molecule has 1 unspecified atom stereocenters.